The first-order valence-corrected chi connectivity index (χ1v) is 7.82. The van der Waals surface area contributed by atoms with Crippen molar-refractivity contribution >= 4 is 22.8 Å². The number of fused-ring (bicyclic) bond motifs is 1. The van der Waals surface area contributed by atoms with E-state index in [1.807, 2.05) is 57.1 Å². The average Bonchev–Trinajstić information content (AvgIpc) is 2.91. The molecule has 0 aliphatic rings. The van der Waals surface area contributed by atoms with Crippen molar-refractivity contribution in [2.45, 2.75) is 19.8 Å². The van der Waals surface area contributed by atoms with Crippen molar-refractivity contribution in [3.8, 4) is 0 Å². The van der Waals surface area contributed by atoms with Crippen LogP contribution in [-0.2, 0) is 0 Å². The molecular weight excluding hydrogens is 305 g/mol. The van der Waals surface area contributed by atoms with Crippen molar-refractivity contribution < 1.29 is 4.39 Å². The maximum Gasteiger partial charge on any atom is 0.183 e. The normalized spacial score (nSPS) is 11.8. The second-order valence-electron chi connectivity index (χ2n) is 6.16. The molecule has 3 rings (SSSR count). The van der Waals surface area contributed by atoms with Crippen molar-refractivity contribution in [1.29, 1.82) is 0 Å². The molecule has 0 bridgehead atoms. The first kappa shape index (κ1) is 16.1. The summed E-state index contributed by atoms with van der Waals surface area (Å²) in [7, 11) is 3.97. The van der Waals surface area contributed by atoms with Gasteiger partial charge in [-0.05, 0) is 42.3 Å². The van der Waals surface area contributed by atoms with Crippen LogP contribution >= 0.6 is 0 Å². The Morgan fingerprint density at radius 1 is 1.04 bits per heavy atom. The Kier molecular flexibility index (Phi) is 4.29. The number of hydrogen-bond donors (Lipinski definition) is 0. The van der Waals surface area contributed by atoms with Gasteiger partial charge in [0.25, 0.3) is 0 Å². The van der Waals surface area contributed by atoms with E-state index in [-0.39, 0.29) is 11.7 Å². The predicted molar refractivity (Wildman–Crippen MR) is 94.2 cm³/mol. The van der Waals surface area contributed by atoms with Gasteiger partial charge in [-0.1, -0.05) is 13.8 Å². The second-order valence-corrected chi connectivity index (χ2v) is 6.16. The molecule has 0 amide bonds. The van der Waals surface area contributed by atoms with Gasteiger partial charge in [-0.2, -0.15) is 0 Å². The lowest BCUT2D eigenvalue weighted by Gasteiger charge is -2.11. The molecule has 1 aromatic carbocycles. The molecule has 3 aromatic rings. The number of pyridine rings is 1. The Hall–Kier alpha value is -2.76. The Morgan fingerprint density at radius 2 is 1.75 bits per heavy atom. The van der Waals surface area contributed by atoms with Crippen LogP contribution < -0.4 is 4.90 Å². The highest BCUT2D eigenvalue weighted by molar-refractivity contribution is 5.54. The highest BCUT2D eigenvalue weighted by Gasteiger charge is 2.15. The van der Waals surface area contributed by atoms with Crippen LogP contribution in [0.15, 0.2) is 52.8 Å². The van der Waals surface area contributed by atoms with Crippen molar-refractivity contribution in [1.82, 2.24) is 9.38 Å². The van der Waals surface area contributed by atoms with E-state index in [4.69, 9.17) is 0 Å². The van der Waals surface area contributed by atoms with Crippen LogP contribution in [0.2, 0.25) is 0 Å². The number of rotatable bonds is 4. The molecule has 124 valence electrons. The van der Waals surface area contributed by atoms with Crippen LogP contribution in [0.25, 0.3) is 5.65 Å². The number of benzene rings is 1. The standard InChI is InChI=1S/C18H20FN5/c1-12(2)17-18(24-11-13(19)5-10-16(24)20-17)22-21-14-6-8-15(9-7-14)23(3)4/h5-12H,1-4H3. The van der Waals surface area contributed by atoms with Crippen molar-refractivity contribution in [3.63, 3.8) is 0 Å². The minimum absolute atomic E-state index is 0.165. The number of nitrogens with zero attached hydrogens (tertiary/aromatic N) is 5. The monoisotopic (exact) mass is 325 g/mol. The number of aromatic nitrogens is 2. The summed E-state index contributed by atoms with van der Waals surface area (Å²) in [6.45, 7) is 4.06. The maximum absolute atomic E-state index is 13.6. The van der Waals surface area contributed by atoms with E-state index in [0.717, 1.165) is 17.1 Å². The zero-order valence-electron chi connectivity index (χ0n) is 14.2. The smallest absolute Gasteiger partial charge is 0.183 e. The lowest BCUT2D eigenvalue weighted by molar-refractivity contribution is 0.619. The fourth-order valence-corrected chi connectivity index (χ4v) is 2.43. The van der Waals surface area contributed by atoms with E-state index < -0.39 is 0 Å². The van der Waals surface area contributed by atoms with Gasteiger partial charge < -0.3 is 4.90 Å². The third kappa shape index (κ3) is 3.13. The first-order chi connectivity index (χ1) is 11.5. The molecule has 0 aliphatic carbocycles. The van der Waals surface area contributed by atoms with E-state index >= 15 is 0 Å². The van der Waals surface area contributed by atoms with Gasteiger partial charge in [0.15, 0.2) is 5.82 Å². The molecule has 5 nitrogen and oxygen atoms in total. The quantitative estimate of drug-likeness (QED) is 0.628. The van der Waals surface area contributed by atoms with Crippen LogP contribution in [0.3, 0.4) is 0 Å². The molecule has 0 fully saturated rings. The maximum atomic E-state index is 13.6. The summed E-state index contributed by atoms with van der Waals surface area (Å²) in [4.78, 5) is 6.56. The van der Waals surface area contributed by atoms with Crippen molar-refractivity contribution in [2.24, 2.45) is 10.2 Å². The fourth-order valence-electron chi connectivity index (χ4n) is 2.43. The van der Waals surface area contributed by atoms with Gasteiger partial charge in [0.05, 0.1) is 11.4 Å². The lowest BCUT2D eigenvalue weighted by Crippen LogP contribution is -2.07. The Morgan fingerprint density at radius 3 is 2.38 bits per heavy atom. The summed E-state index contributed by atoms with van der Waals surface area (Å²) in [5, 5.41) is 8.64. The van der Waals surface area contributed by atoms with Crippen LogP contribution in [0, 0.1) is 5.82 Å². The molecule has 2 aromatic heterocycles. The summed E-state index contributed by atoms with van der Waals surface area (Å²) in [6.07, 6.45) is 1.39. The Labute approximate surface area is 140 Å². The largest absolute Gasteiger partial charge is 0.378 e. The molecule has 6 heteroatoms. The highest BCUT2D eigenvalue weighted by Crippen LogP contribution is 2.30. The lowest BCUT2D eigenvalue weighted by atomic mass is 10.1. The van der Waals surface area contributed by atoms with Crippen LogP contribution in [0.4, 0.5) is 21.6 Å². The molecule has 0 spiro atoms. The minimum atomic E-state index is -0.331. The topological polar surface area (TPSA) is 45.3 Å². The second kappa shape index (κ2) is 6.39. The molecule has 0 saturated carbocycles. The SMILES string of the molecule is CC(C)c1nc2ccc(F)cn2c1N=Nc1ccc(N(C)C)cc1. The predicted octanol–water partition coefficient (Wildman–Crippen LogP) is 5.08. The van der Waals surface area contributed by atoms with E-state index in [2.05, 4.69) is 15.2 Å². The number of halogens is 1. The van der Waals surface area contributed by atoms with Gasteiger partial charge in [-0.15, -0.1) is 10.2 Å². The third-order valence-electron chi connectivity index (χ3n) is 3.76. The molecule has 0 radical (unpaired) electrons. The van der Waals surface area contributed by atoms with E-state index in [1.54, 1.807) is 10.5 Å². The Bertz CT molecular complexity index is 878. The van der Waals surface area contributed by atoms with Crippen LogP contribution in [-0.4, -0.2) is 23.5 Å². The zero-order chi connectivity index (χ0) is 17.3. The molecule has 0 aliphatic heterocycles. The van der Waals surface area contributed by atoms with Gasteiger partial charge >= 0.3 is 0 Å². The summed E-state index contributed by atoms with van der Waals surface area (Å²) >= 11 is 0. The highest BCUT2D eigenvalue weighted by atomic mass is 19.1. The van der Waals surface area contributed by atoms with Crippen molar-refractivity contribution in [2.75, 3.05) is 19.0 Å². The summed E-state index contributed by atoms with van der Waals surface area (Å²) in [5.41, 5.74) is 3.29. The molecule has 0 N–H and O–H groups in total. The van der Waals surface area contributed by atoms with Crippen molar-refractivity contribution in [3.05, 3.63) is 54.1 Å². The number of hydrogen-bond acceptors (Lipinski definition) is 4. The van der Waals surface area contributed by atoms with Gasteiger partial charge in [-0.3, -0.25) is 4.40 Å². The summed E-state index contributed by atoms with van der Waals surface area (Å²) in [5.74, 6) is 0.399. The van der Waals surface area contributed by atoms with Gasteiger partial charge in [0.2, 0.25) is 0 Å². The summed E-state index contributed by atoms with van der Waals surface area (Å²) in [6, 6.07) is 10.8. The Balaban J connectivity index is 2.01. The first-order valence-electron chi connectivity index (χ1n) is 7.82. The summed E-state index contributed by atoms with van der Waals surface area (Å²) < 4.78 is 15.2. The van der Waals surface area contributed by atoms with E-state index in [0.29, 0.717) is 11.5 Å². The van der Waals surface area contributed by atoms with E-state index in [1.165, 1.54) is 12.3 Å². The van der Waals surface area contributed by atoms with Gasteiger partial charge in [0.1, 0.15) is 11.5 Å². The number of imidazole rings is 1. The average molecular weight is 325 g/mol. The molecular formula is C18H20FN5. The minimum Gasteiger partial charge on any atom is -0.378 e. The number of azo groups is 1. The van der Waals surface area contributed by atoms with Crippen LogP contribution in [0.1, 0.15) is 25.5 Å². The fraction of sp³-hybridized carbons (Fsp3) is 0.278. The molecule has 2 heterocycles. The van der Waals surface area contributed by atoms with Gasteiger partial charge in [-0.25, -0.2) is 9.37 Å². The molecule has 0 atom stereocenters. The number of anilines is 1. The van der Waals surface area contributed by atoms with Gasteiger partial charge in [0, 0.05) is 26.0 Å². The third-order valence-corrected chi connectivity index (χ3v) is 3.76. The van der Waals surface area contributed by atoms with E-state index in [9.17, 15) is 4.39 Å². The zero-order valence-corrected chi connectivity index (χ0v) is 14.2. The molecule has 0 unspecified atom stereocenters. The molecule has 24 heavy (non-hydrogen) atoms. The van der Waals surface area contributed by atoms with Crippen LogP contribution in [0.5, 0.6) is 0 Å². The molecule has 0 saturated heterocycles.